The fraction of sp³-hybridized carbons (Fsp3) is 0.720. The van der Waals surface area contributed by atoms with Crippen LogP contribution >= 0.6 is 0 Å². The first kappa shape index (κ1) is 28.7. The van der Waals surface area contributed by atoms with Crippen molar-refractivity contribution in [3.05, 3.63) is 35.4 Å². The number of halogens is 3. The van der Waals surface area contributed by atoms with Crippen LogP contribution in [0.15, 0.2) is 24.3 Å². The van der Waals surface area contributed by atoms with Gasteiger partial charge in [-0.2, -0.15) is 13.2 Å². The first-order valence-corrected chi connectivity index (χ1v) is 14.8. The van der Waals surface area contributed by atoms with Crippen LogP contribution in [0.3, 0.4) is 0 Å². The lowest BCUT2D eigenvalue weighted by Gasteiger charge is -2.37. The van der Waals surface area contributed by atoms with E-state index in [-0.39, 0.29) is 5.04 Å². The summed E-state index contributed by atoms with van der Waals surface area (Å²) in [7, 11) is -0.755. The van der Waals surface area contributed by atoms with Gasteiger partial charge in [-0.25, -0.2) is 4.79 Å². The average molecular weight is 503 g/mol. The zero-order valence-corrected chi connectivity index (χ0v) is 22.8. The highest BCUT2D eigenvalue weighted by molar-refractivity contribution is 6.72. The molecule has 2 rings (SSSR count). The van der Waals surface area contributed by atoms with Crippen LogP contribution in [0.2, 0.25) is 18.1 Å². The minimum absolute atomic E-state index is 0.137. The molecule has 5 nitrogen and oxygen atoms in total. The predicted octanol–water partition coefficient (Wildman–Crippen LogP) is 6.30. The minimum Gasteiger partial charge on any atom is -0.444 e. The second-order valence-electron chi connectivity index (χ2n) is 11.8. The third kappa shape index (κ3) is 7.71. The van der Waals surface area contributed by atoms with Crippen LogP contribution in [0, 0.1) is 5.92 Å². The number of hydrogen-bond acceptors (Lipinski definition) is 4. The van der Waals surface area contributed by atoms with E-state index in [0.29, 0.717) is 18.0 Å². The van der Waals surface area contributed by atoms with Crippen molar-refractivity contribution in [1.82, 2.24) is 9.80 Å². The predicted molar refractivity (Wildman–Crippen MR) is 131 cm³/mol. The lowest BCUT2D eigenvalue weighted by Crippen LogP contribution is -2.42. The van der Waals surface area contributed by atoms with Crippen molar-refractivity contribution in [3.8, 4) is 0 Å². The van der Waals surface area contributed by atoms with Gasteiger partial charge in [-0.05, 0) is 81.9 Å². The minimum atomic E-state index is -4.46. The number of ether oxygens (including phenoxy) is 1. The van der Waals surface area contributed by atoms with Crippen molar-refractivity contribution in [2.45, 2.75) is 83.4 Å². The molecule has 1 fully saturated rings. The number of likely N-dealkylation sites (tertiary alicyclic amines) is 1. The number of nitrogens with zero attached hydrogens (tertiary/aromatic N) is 2. The molecule has 0 aromatic heterocycles. The Hall–Kier alpha value is -1.58. The lowest BCUT2D eigenvalue weighted by atomic mass is 9.95. The smallest absolute Gasteiger partial charge is 0.416 e. The SMILES string of the molecule is CN(C(=O)OC(C)(C)C)[C@@H](CN1CC[C@H](CC(C)(C)[Si](C)(C)O)C1)c1cccc(C(F)(F)F)c1. The number of carbonyl (C=O) groups is 1. The number of carbonyl (C=O) groups excluding carboxylic acids is 1. The first-order valence-electron chi connectivity index (χ1n) is 11.9. The highest BCUT2D eigenvalue weighted by atomic mass is 28.4. The van der Waals surface area contributed by atoms with Crippen LogP contribution < -0.4 is 0 Å². The summed E-state index contributed by atoms with van der Waals surface area (Å²) in [5, 5.41) is -0.137. The summed E-state index contributed by atoms with van der Waals surface area (Å²) in [6.45, 7) is 15.4. The fourth-order valence-electron chi connectivity index (χ4n) is 4.30. The fourth-order valence-corrected chi connectivity index (χ4v) is 5.08. The molecule has 34 heavy (non-hydrogen) atoms. The van der Waals surface area contributed by atoms with Crippen LogP contribution in [0.5, 0.6) is 0 Å². The molecule has 1 saturated heterocycles. The molecule has 2 atom stereocenters. The van der Waals surface area contributed by atoms with Crippen LogP contribution in [0.1, 0.15) is 64.6 Å². The molecule has 1 aliphatic heterocycles. The van der Waals surface area contributed by atoms with E-state index in [1.54, 1.807) is 33.9 Å². The van der Waals surface area contributed by atoms with Crippen molar-refractivity contribution < 1.29 is 27.5 Å². The number of benzene rings is 1. The number of alkyl halides is 3. The Kier molecular flexibility index (Phi) is 8.58. The molecule has 0 unspecified atom stereocenters. The standard InChI is InChI=1S/C25H41F3N2O3Si/c1-23(2,3)33-22(31)29(6)21(19-10-9-11-20(14-19)25(26,27)28)17-30-13-12-18(16-30)15-24(4,5)34(7,8)32/h9-11,14,18,21,32H,12-13,15-17H2,1-8H3/t18-,21+/m1/s1. The summed E-state index contributed by atoms with van der Waals surface area (Å²) in [5.74, 6) is 0.392. The molecule has 1 aliphatic rings. The summed E-state index contributed by atoms with van der Waals surface area (Å²) < 4.78 is 45.7. The summed E-state index contributed by atoms with van der Waals surface area (Å²) in [4.78, 5) is 27.1. The second kappa shape index (κ2) is 10.2. The van der Waals surface area contributed by atoms with E-state index in [4.69, 9.17) is 4.74 Å². The van der Waals surface area contributed by atoms with Crippen molar-refractivity contribution in [2.24, 2.45) is 5.92 Å². The maximum Gasteiger partial charge on any atom is 0.416 e. The van der Waals surface area contributed by atoms with Gasteiger partial charge in [0.25, 0.3) is 0 Å². The molecule has 1 amide bonds. The Morgan fingerprint density at radius 2 is 1.85 bits per heavy atom. The normalized spacial score (nSPS) is 19.2. The zero-order valence-electron chi connectivity index (χ0n) is 21.8. The van der Waals surface area contributed by atoms with Crippen LogP contribution in [0.25, 0.3) is 0 Å². The van der Waals surface area contributed by atoms with E-state index in [1.807, 2.05) is 13.1 Å². The topological polar surface area (TPSA) is 53.0 Å². The van der Waals surface area contributed by atoms with E-state index in [2.05, 4.69) is 18.7 Å². The molecule has 9 heteroatoms. The Labute approximate surface area is 203 Å². The van der Waals surface area contributed by atoms with Crippen LogP contribution in [0.4, 0.5) is 18.0 Å². The Bertz CT molecular complexity index is 847. The van der Waals surface area contributed by atoms with Crippen LogP contribution in [-0.4, -0.2) is 61.3 Å². The maximum atomic E-state index is 13.4. The number of rotatable bonds is 7. The molecule has 1 heterocycles. The first-order chi connectivity index (χ1) is 15.3. The van der Waals surface area contributed by atoms with Crippen molar-refractivity contribution in [2.75, 3.05) is 26.7 Å². The summed E-state index contributed by atoms with van der Waals surface area (Å²) in [6.07, 6.45) is -3.18. The van der Waals surface area contributed by atoms with Gasteiger partial charge in [0.2, 0.25) is 0 Å². The summed E-state index contributed by atoms with van der Waals surface area (Å²) in [6, 6.07) is 4.60. The highest BCUT2D eigenvalue weighted by Gasteiger charge is 2.41. The molecule has 0 bridgehead atoms. The van der Waals surface area contributed by atoms with E-state index in [0.717, 1.165) is 38.1 Å². The van der Waals surface area contributed by atoms with Crippen molar-refractivity contribution in [1.29, 1.82) is 0 Å². The van der Waals surface area contributed by atoms with E-state index in [9.17, 15) is 22.8 Å². The van der Waals surface area contributed by atoms with Gasteiger partial charge in [-0.15, -0.1) is 0 Å². The molecule has 0 spiro atoms. The highest BCUT2D eigenvalue weighted by Crippen LogP contribution is 2.43. The van der Waals surface area contributed by atoms with Gasteiger partial charge in [-0.1, -0.05) is 26.0 Å². The quantitative estimate of drug-likeness (QED) is 0.445. The molecular formula is C25H41F3N2O3Si. The Morgan fingerprint density at radius 1 is 1.24 bits per heavy atom. The molecular weight excluding hydrogens is 461 g/mol. The molecule has 194 valence electrons. The van der Waals surface area contributed by atoms with Crippen molar-refractivity contribution in [3.63, 3.8) is 0 Å². The Morgan fingerprint density at radius 3 is 2.38 bits per heavy atom. The monoisotopic (exact) mass is 502 g/mol. The molecule has 0 saturated carbocycles. The van der Waals surface area contributed by atoms with Gasteiger partial charge in [0.15, 0.2) is 8.32 Å². The second-order valence-corrected chi connectivity index (χ2v) is 16.3. The molecule has 1 aromatic rings. The summed E-state index contributed by atoms with van der Waals surface area (Å²) in [5.41, 5.74) is -1.02. The maximum absolute atomic E-state index is 13.4. The largest absolute Gasteiger partial charge is 0.444 e. The Balaban J connectivity index is 2.25. The van der Waals surface area contributed by atoms with Gasteiger partial charge < -0.3 is 19.3 Å². The van der Waals surface area contributed by atoms with E-state index in [1.165, 1.54) is 11.0 Å². The van der Waals surface area contributed by atoms with Crippen LogP contribution in [-0.2, 0) is 10.9 Å². The van der Waals surface area contributed by atoms with Gasteiger partial charge in [0.1, 0.15) is 5.60 Å². The lowest BCUT2D eigenvalue weighted by molar-refractivity contribution is -0.137. The van der Waals surface area contributed by atoms with Gasteiger partial charge in [0, 0.05) is 20.1 Å². The van der Waals surface area contributed by atoms with E-state index >= 15 is 0 Å². The van der Waals surface area contributed by atoms with Gasteiger partial charge in [0.05, 0.1) is 11.6 Å². The molecule has 1 aromatic carbocycles. The van der Waals surface area contributed by atoms with Gasteiger partial charge >= 0.3 is 12.3 Å². The number of amides is 1. The van der Waals surface area contributed by atoms with Crippen molar-refractivity contribution >= 4 is 14.4 Å². The molecule has 0 aliphatic carbocycles. The third-order valence-electron chi connectivity index (χ3n) is 7.00. The number of hydrogen-bond donors (Lipinski definition) is 1. The average Bonchev–Trinajstić information content (AvgIpc) is 3.09. The number of likely N-dealkylation sites (N-methyl/N-ethyl adjacent to an activating group) is 1. The van der Waals surface area contributed by atoms with E-state index < -0.39 is 37.8 Å². The third-order valence-corrected chi connectivity index (χ3v) is 10.5. The molecule has 1 N–H and O–H groups in total. The zero-order chi connectivity index (χ0) is 26.1. The van der Waals surface area contributed by atoms with Gasteiger partial charge in [-0.3, -0.25) is 0 Å². The summed E-state index contributed by atoms with van der Waals surface area (Å²) >= 11 is 0. The molecule has 0 radical (unpaired) electrons.